The number of hydrogen-bond donors (Lipinski definition) is 2. The van der Waals surface area contributed by atoms with E-state index in [0.29, 0.717) is 13.1 Å². The molecule has 1 aliphatic rings. The molecule has 1 saturated heterocycles. The highest BCUT2D eigenvalue weighted by atomic mass is 19.1. The van der Waals surface area contributed by atoms with Gasteiger partial charge in [0.15, 0.2) is 11.6 Å². The monoisotopic (exact) mass is 327 g/mol. The third kappa shape index (κ3) is 4.54. The number of hydrogen-bond acceptors (Lipinski definition) is 3. The van der Waals surface area contributed by atoms with Crippen molar-refractivity contribution in [2.45, 2.75) is 32.3 Å². The highest BCUT2D eigenvalue weighted by Gasteiger charge is 2.21. The van der Waals surface area contributed by atoms with Crippen LogP contribution in [0.2, 0.25) is 0 Å². The fourth-order valence-electron chi connectivity index (χ4n) is 2.76. The summed E-state index contributed by atoms with van der Waals surface area (Å²) in [4.78, 5) is 14.9. The van der Waals surface area contributed by atoms with Gasteiger partial charge in [-0.05, 0) is 38.3 Å². The highest BCUT2D eigenvalue weighted by Crippen LogP contribution is 2.29. The summed E-state index contributed by atoms with van der Waals surface area (Å²) in [6.45, 7) is 2.95. The number of anilines is 2. The molecule has 0 aliphatic carbocycles. The molecule has 1 heterocycles. The Morgan fingerprint density at radius 2 is 1.87 bits per heavy atom. The molecule has 2 amide bonds. The highest BCUT2D eigenvalue weighted by molar-refractivity contribution is 5.89. The summed E-state index contributed by atoms with van der Waals surface area (Å²) in [5, 5.41) is 11.7. The molecule has 1 aliphatic heterocycles. The quantitative estimate of drug-likeness (QED) is 0.894. The average molecular weight is 327 g/mol. The van der Waals surface area contributed by atoms with E-state index in [9.17, 15) is 18.7 Å². The summed E-state index contributed by atoms with van der Waals surface area (Å²) in [5.41, 5.74) is 0.0308. The lowest BCUT2D eigenvalue weighted by molar-refractivity contribution is 0.149. The fourth-order valence-corrected chi connectivity index (χ4v) is 2.76. The molecule has 2 N–H and O–H groups in total. The normalized spacial score (nSPS) is 16.1. The van der Waals surface area contributed by atoms with Crippen molar-refractivity contribution in [3.05, 3.63) is 23.8 Å². The largest absolute Gasteiger partial charge is 0.392 e. The number of halogens is 2. The summed E-state index contributed by atoms with van der Waals surface area (Å²) in [7, 11) is 1.50. The van der Waals surface area contributed by atoms with Crippen LogP contribution in [-0.2, 0) is 0 Å². The van der Waals surface area contributed by atoms with Crippen molar-refractivity contribution in [3.8, 4) is 0 Å². The predicted molar refractivity (Wildman–Crippen MR) is 85.8 cm³/mol. The second-order valence-corrected chi connectivity index (χ2v) is 6.00. The predicted octanol–water partition coefficient (Wildman–Crippen LogP) is 2.80. The Kier molecular flexibility index (Phi) is 5.76. The molecule has 1 unspecified atom stereocenters. The molecule has 7 heteroatoms. The number of carbonyl (C=O) groups is 1. The Morgan fingerprint density at radius 1 is 1.30 bits per heavy atom. The van der Waals surface area contributed by atoms with Gasteiger partial charge in [0.1, 0.15) is 5.69 Å². The Balaban J connectivity index is 2.11. The fraction of sp³-hybridized carbons (Fsp3) is 0.562. The first-order chi connectivity index (χ1) is 10.9. The summed E-state index contributed by atoms with van der Waals surface area (Å²) >= 11 is 0. The Labute approximate surface area is 134 Å². The van der Waals surface area contributed by atoms with Crippen LogP contribution in [0.5, 0.6) is 0 Å². The zero-order valence-electron chi connectivity index (χ0n) is 13.5. The molecule has 0 bridgehead atoms. The van der Waals surface area contributed by atoms with Gasteiger partial charge in [-0.25, -0.2) is 13.6 Å². The van der Waals surface area contributed by atoms with Crippen LogP contribution in [0.4, 0.5) is 25.0 Å². The Bertz CT molecular complexity index is 537. The van der Waals surface area contributed by atoms with Crippen molar-refractivity contribution in [1.82, 2.24) is 4.90 Å². The molecule has 0 aromatic heterocycles. The maximum Gasteiger partial charge on any atom is 0.321 e. The Morgan fingerprint density at radius 3 is 2.39 bits per heavy atom. The lowest BCUT2D eigenvalue weighted by Gasteiger charge is -2.29. The minimum absolute atomic E-state index is 0.0277. The van der Waals surface area contributed by atoms with Crippen LogP contribution < -0.4 is 10.2 Å². The zero-order chi connectivity index (χ0) is 17.0. The topological polar surface area (TPSA) is 55.8 Å². The molecule has 2 rings (SSSR count). The van der Waals surface area contributed by atoms with Crippen molar-refractivity contribution in [2.24, 2.45) is 0 Å². The molecule has 5 nitrogen and oxygen atoms in total. The number of piperidine rings is 1. The number of aliphatic hydroxyl groups is 1. The number of benzene rings is 1. The molecule has 1 aromatic carbocycles. The number of nitrogens with zero attached hydrogens (tertiary/aromatic N) is 2. The molecule has 128 valence electrons. The number of rotatable bonds is 4. The number of urea groups is 1. The minimum Gasteiger partial charge on any atom is -0.392 e. The summed E-state index contributed by atoms with van der Waals surface area (Å²) in [6.07, 6.45) is 2.23. The number of likely N-dealkylation sites (N-methyl/N-ethyl adjacent to an activating group) is 1. The van der Waals surface area contributed by atoms with Crippen LogP contribution in [0.1, 0.15) is 26.2 Å². The average Bonchev–Trinajstić information content (AvgIpc) is 2.46. The van der Waals surface area contributed by atoms with E-state index in [0.717, 1.165) is 31.4 Å². The van der Waals surface area contributed by atoms with Gasteiger partial charge in [0.2, 0.25) is 0 Å². The van der Waals surface area contributed by atoms with Gasteiger partial charge in [-0.3, -0.25) is 0 Å². The van der Waals surface area contributed by atoms with Gasteiger partial charge in [0.05, 0.1) is 6.10 Å². The maximum atomic E-state index is 14.3. The van der Waals surface area contributed by atoms with Crippen molar-refractivity contribution in [3.63, 3.8) is 0 Å². The van der Waals surface area contributed by atoms with Crippen LogP contribution >= 0.6 is 0 Å². The second-order valence-electron chi connectivity index (χ2n) is 6.00. The van der Waals surface area contributed by atoms with Gasteiger partial charge in [-0.15, -0.1) is 0 Å². The van der Waals surface area contributed by atoms with E-state index >= 15 is 0 Å². The van der Waals surface area contributed by atoms with Crippen LogP contribution in [-0.4, -0.2) is 48.8 Å². The molecule has 0 spiro atoms. The van der Waals surface area contributed by atoms with Gasteiger partial charge in [-0.2, -0.15) is 0 Å². The number of carbonyl (C=O) groups excluding carboxylic acids is 1. The van der Waals surface area contributed by atoms with Crippen molar-refractivity contribution < 1.29 is 18.7 Å². The van der Waals surface area contributed by atoms with E-state index in [1.165, 1.54) is 11.9 Å². The van der Waals surface area contributed by atoms with E-state index in [-0.39, 0.29) is 17.9 Å². The van der Waals surface area contributed by atoms with Crippen LogP contribution in [0.25, 0.3) is 0 Å². The first kappa shape index (κ1) is 17.5. The van der Waals surface area contributed by atoms with Crippen LogP contribution in [0.15, 0.2) is 12.1 Å². The molecule has 0 saturated carbocycles. The van der Waals surface area contributed by atoms with E-state index in [1.807, 2.05) is 0 Å². The van der Waals surface area contributed by atoms with Crippen molar-refractivity contribution in [2.75, 3.05) is 36.9 Å². The number of nitrogens with one attached hydrogen (secondary N) is 1. The number of aliphatic hydroxyl groups excluding tert-OH is 1. The maximum absolute atomic E-state index is 14.3. The third-order valence-corrected chi connectivity index (χ3v) is 3.83. The van der Waals surface area contributed by atoms with Gasteiger partial charge in [0.25, 0.3) is 0 Å². The summed E-state index contributed by atoms with van der Waals surface area (Å²) in [6, 6.07) is 1.72. The van der Waals surface area contributed by atoms with Crippen LogP contribution in [0.3, 0.4) is 0 Å². The molecule has 23 heavy (non-hydrogen) atoms. The van der Waals surface area contributed by atoms with Gasteiger partial charge in [0, 0.05) is 32.4 Å². The molecule has 1 aromatic rings. The Hall–Kier alpha value is -1.89. The zero-order valence-corrected chi connectivity index (χ0v) is 13.5. The lowest BCUT2D eigenvalue weighted by Crippen LogP contribution is -2.36. The molecule has 1 atom stereocenters. The third-order valence-electron chi connectivity index (χ3n) is 3.83. The van der Waals surface area contributed by atoms with E-state index in [1.54, 1.807) is 11.8 Å². The molecular weight excluding hydrogens is 304 g/mol. The standard InChI is InChI=1S/C16H23F2N3O2/c1-11(22)10-20(2)16(23)19-12-8-13(17)15(14(18)9-12)21-6-4-3-5-7-21/h8-9,11,22H,3-7,10H2,1-2H3,(H,19,23). The smallest absolute Gasteiger partial charge is 0.321 e. The second kappa shape index (κ2) is 7.59. The lowest BCUT2D eigenvalue weighted by atomic mass is 10.1. The summed E-state index contributed by atoms with van der Waals surface area (Å²) < 4.78 is 28.5. The minimum atomic E-state index is -0.680. The van der Waals surface area contributed by atoms with Gasteiger partial charge in [-0.1, -0.05) is 0 Å². The van der Waals surface area contributed by atoms with E-state index < -0.39 is 23.8 Å². The molecule has 1 fully saturated rings. The van der Waals surface area contributed by atoms with Crippen LogP contribution in [0, 0.1) is 11.6 Å². The molecule has 0 radical (unpaired) electrons. The van der Waals surface area contributed by atoms with Crippen molar-refractivity contribution in [1.29, 1.82) is 0 Å². The van der Waals surface area contributed by atoms with E-state index in [2.05, 4.69) is 5.32 Å². The van der Waals surface area contributed by atoms with Gasteiger partial charge < -0.3 is 20.2 Å². The van der Waals surface area contributed by atoms with E-state index in [4.69, 9.17) is 0 Å². The molecular formula is C16H23F2N3O2. The summed E-state index contributed by atoms with van der Waals surface area (Å²) in [5.74, 6) is -1.36. The van der Waals surface area contributed by atoms with Gasteiger partial charge >= 0.3 is 6.03 Å². The first-order valence-corrected chi connectivity index (χ1v) is 7.82. The van der Waals surface area contributed by atoms with Crippen molar-refractivity contribution >= 4 is 17.4 Å². The first-order valence-electron chi connectivity index (χ1n) is 7.82. The SMILES string of the molecule is CC(O)CN(C)C(=O)Nc1cc(F)c(N2CCCCC2)c(F)c1. The number of amides is 2.